The lowest BCUT2D eigenvalue weighted by Gasteiger charge is -2.27. The van der Waals surface area contributed by atoms with Crippen molar-refractivity contribution in [2.45, 2.75) is 18.9 Å². The van der Waals surface area contributed by atoms with Gasteiger partial charge in [0, 0.05) is 18.1 Å². The summed E-state index contributed by atoms with van der Waals surface area (Å²) in [6.45, 7) is 1.61. The van der Waals surface area contributed by atoms with Crippen LogP contribution >= 0.6 is 24.0 Å². The van der Waals surface area contributed by atoms with Crippen LogP contribution in [0.2, 0.25) is 5.02 Å². The van der Waals surface area contributed by atoms with Gasteiger partial charge in [-0.1, -0.05) is 23.7 Å². The number of hydrogen-bond acceptors (Lipinski definition) is 2. The van der Waals surface area contributed by atoms with Gasteiger partial charge in [0.15, 0.2) is 0 Å². The second-order valence-corrected chi connectivity index (χ2v) is 5.17. The largest absolute Gasteiger partial charge is 0.349 e. The van der Waals surface area contributed by atoms with Crippen molar-refractivity contribution >= 4 is 29.9 Å². The molecule has 0 spiro atoms. The predicted molar refractivity (Wildman–Crippen MR) is 74.3 cm³/mol. The molecule has 1 aliphatic carbocycles. The van der Waals surface area contributed by atoms with Gasteiger partial charge in [-0.15, -0.1) is 12.4 Å². The van der Waals surface area contributed by atoms with Gasteiger partial charge in [-0.05, 0) is 30.0 Å². The molecule has 3 rings (SSSR count). The Morgan fingerprint density at radius 1 is 1.39 bits per heavy atom. The summed E-state index contributed by atoms with van der Waals surface area (Å²) in [6, 6.07) is 6.09. The van der Waals surface area contributed by atoms with Crippen LogP contribution in [0.5, 0.6) is 0 Å². The molecule has 5 heteroatoms. The van der Waals surface area contributed by atoms with Crippen LogP contribution in [0.25, 0.3) is 0 Å². The first-order valence-corrected chi connectivity index (χ1v) is 6.42. The van der Waals surface area contributed by atoms with Crippen LogP contribution in [0.15, 0.2) is 18.2 Å². The molecule has 2 aliphatic rings. The molecule has 2 N–H and O–H groups in total. The minimum Gasteiger partial charge on any atom is -0.349 e. The fourth-order valence-corrected chi connectivity index (χ4v) is 2.80. The van der Waals surface area contributed by atoms with Crippen molar-refractivity contribution in [1.82, 2.24) is 10.6 Å². The highest BCUT2D eigenvalue weighted by Gasteiger charge is 2.30. The summed E-state index contributed by atoms with van der Waals surface area (Å²) >= 11 is 6.15. The fraction of sp³-hybridized carbons (Fsp3) is 0.462. The van der Waals surface area contributed by atoms with E-state index in [1.807, 2.05) is 12.1 Å². The quantitative estimate of drug-likeness (QED) is 0.874. The molecule has 1 heterocycles. The Morgan fingerprint density at radius 2 is 2.17 bits per heavy atom. The van der Waals surface area contributed by atoms with Crippen LogP contribution in [0, 0.1) is 5.92 Å². The number of rotatable bonds is 2. The van der Waals surface area contributed by atoms with Gasteiger partial charge < -0.3 is 10.6 Å². The summed E-state index contributed by atoms with van der Waals surface area (Å²) in [7, 11) is 0. The number of halogens is 2. The average molecular weight is 287 g/mol. The molecule has 0 aromatic heterocycles. The molecule has 1 unspecified atom stereocenters. The molecule has 1 aromatic carbocycles. The third-order valence-corrected chi connectivity index (χ3v) is 4.04. The Balaban J connectivity index is 0.00000120. The van der Waals surface area contributed by atoms with Crippen molar-refractivity contribution in [3.05, 3.63) is 34.3 Å². The predicted octanol–water partition coefficient (Wildman–Crippen LogP) is 2.08. The maximum absolute atomic E-state index is 11.9. The Labute approximate surface area is 118 Å². The number of carbonyl (C=O) groups excluding carboxylic acids is 1. The van der Waals surface area contributed by atoms with Crippen molar-refractivity contribution in [3.63, 3.8) is 0 Å². The lowest BCUT2D eigenvalue weighted by Crippen LogP contribution is -2.51. The Hall–Kier alpha value is -0.770. The highest BCUT2D eigenvalue weighted by molar-refractivity contribution is 6.31. The molecule has 1 atom stereocenters. The van der Waals surface area contributed by atoms with Crippen LogP contribution in [-0.2, 0) is 11.2 Å². The standard InChI is InChI=1S/C13H15ClN2O.ClH/c14-11-3-1-2-10-9(11)4-5-12(10)16-13(17)8-6-15-7-8;/h1-3,8,12,15H,4-7H2,(H,16,17);1H. The summed E-state index contributed by atoms with van der Waals surface area (Å²) in [4.78, 5) is 11.9. The second kappa shape index (κ2) is 5.47. The first-order chi connectivity index (χ1) is 8.25. The van der Waals surface area contributed by atoms with E-state index in [4.69, 9.17) is 11.6 Å². The highest BCUT2D eigenvalue weighted by Crippen LogP contribution is 2.35. The highest BCUT2D eigenvalue weighted by atomic mass is 35.5. The summed E-state index contributed by atoms with van der Waals surface area (Å²) in [5.41, 5.74) is 2.39. The van der Waals surface area contributed by atoms with Crippen LogP contribution in [0.1, 0.15) is 23.6 Å². The van der Waals surface area contributed by atoms with Gasteiger partial charge in [0.2, 0.25) is 5.91 Å². The van der Waals surface area contributed by atoms with Crippen LogP contribution in [0.3, 0.4) is 0 Å². The first kappa shape index (κ1) is 13.7. The van der Waals surface area contributed by atoms with Crippen LogP contribution < -0.4 is 10.6 Å². The smallest absolute Gasteiger partial charge is 0.226 e. The van der Waals surface area contributed by atoms with Gasteiger partial charge >= 0.3 is 0 Å². The van der Waals surface area contributed by atoms with E-state index in [1.165, 1.54) is 11.1 Å². The van der Waals surface area contributed by atoms with Gasteiger partial charge in [-0.3, -0.25) is 4.79 Å². The molecule has 98 valence electrons. The number of fused-ring (bicyclic) bond motifs is 1. The molecule has 0 saturated carbocycles. The first-order valence-electron chi connectivity index (χ1n) is 6.04. The third-order valence-electron chi connectivity index (χ3n) is 3.68. The van der Waals surface area contributed by atoms with Crippen molar-refractivity contribution in [3.8, 4) is 0 Å². The topological polar surface area (TPSA) is 41.1 Å². The second-order valence-electron chi connectivity index (χ2n) is 4.76. The van der Waals surface area contributed by atoms with Gasteiger partial charge in [0.25, 0.3) is 0 Å². The van der Waals surface area contributed by atoms with E-state index in [1.54, 1.807) is 0 Å². The number of hydrogen-bond donors (Lipinski definition) is 2. The summed E-state index contributed by atoms with van der Waals surface area (Å²) in [5, 5.41) is 7.06. The molecule has 0 bridgehead atoms. The van der Waals surface area contributed by atoms with Crippen molar-refractivity contribution in [2.24, 2.45) is 5.92 Å². The molecular formula is C13H16Cl2N2O. The number of amides is 1. The summed E-state index contributed by atoms with van der Waals surface area (Å²) in [6.07, 6.45) is 1.92. The Kier molecular flexibility index (Phi) is 4.15. The molecule has 1 amide bonds. The van der Waals surface area contributed by atoms with Crippen LogP contribution in [-0.4, -0.2) is 19.0 Å². The number of nitrogens with one attached hydrogen (secondary N) is 2. The van der Waals surface area contributed by atoms with E-state index in [0.29, 0.717) is 0 Å². The van der Waals surface area contributed by atoms with Crippen molar-refractivity contribution < 1.29 is 4.79 Å². The Bertz CT molecular complexity index is 460. The summed E-state index contributed by atoms with van der Waals surface area (Å²) in [5.74, 6) is 0.319. The zero-order valence-corrected chi connectivity index (χ0v) is 11.5. The summed E-state index contributed by atoms with van der Waals surface area (Å²) < 4.78 is 0. The lowest BCUT2D eigenvalue weighted by molar-refractivity contribution is -0.127. The number of benzene rings is 1. The average Bonchev–Trinajstić information content (AvgIpc) is 2.60. The third kappa shape index (κ3) is 2.35. The van der Waals surface area contributed by atoms with Gasteiger partial charge in [0.1, 0.15) is 0 Å². The van der Waals surface area contributed by atoms with E-state index < -0.39 is 0 Å². The molecule has 1 aromatic rings. The van der Waals surface area contributed by atoms with E-state index in [2.05, 4.69) is 16.7 Å². The normalized spacial score (nSPS) is 21.7. The molecule has 3 nitrogen and oxygen atoms in total. The fourth-order valence-electron chi connectivity index (χ4n) is 2.52. The SMILES string of the molecule is Cl.O=C(NC1CCc2c(Cl)cccc21)C1CNC1. The van der Waals surface area contributed by atoms with Crippen molar-refractivity contribution in [1.29, 1.82) is 0 Å². The minimum absolute atomic E-state index is 0. The molecule has 0 radical (unpaired) electrons. The van der Waals surface area contributed by atoms with Crippen molar-refractivity contribution in [2.75, 3.05) is 13.1 Å². The maximum atomic E-state index is 11.9. The van der Waals surface area contributed by atoms with Gasteiger partial charge in [0.05, 0.1) is 12.0 Å². The van der Waals surface area contributed by atoms with Crippen LogP contribution in [0.4, 0.5) is 0 Å². The zero-order chi connectivity index (χ0) is 11.8. The van der Waals surface area contributed by atoms with E-state index in [0.717, 1.165) is 31.0 Å². The molecule has 1 fully saturated rings. The molecule has 18 heavy (non-hydrogen) atoms. The number of carbonyl (C=O) groups is 1. The van der Waals surface area contributed by atoms with Gasteiger partial charge in [-0.25, -0.2) is 0 Å². The zero-order valence-electron chi connectivity index (χ0n) is 9.91. The monoisotopic (exact) mass is 286 g/mol. The minimum atomic E-state index is 0. The molecular weight excluding hydrogens is 271 g/mol. The van der Waals surface area contributed by atoms with E-state index in [-0.39, 0.29) is 30.3 Å². The molecule has 1 aliphatic heterocycles. The maximum Gasteiger partial charge on any atom is 0.226 e. The lowest BCUT2D eigenvalue weighted by atomic mass is 10.0. The Morgan fingerprint density at radius 3 is 2.83 bits per heavy atom. The van der Waals surface area contributed by atoms with E-state index in [9.17, 15) is 4.79 Å². The van der Waals surface area contributed by atoms with Gasteiger partial charge in [-0.2, -0.15) is 0 Å². The van der Waals surface area contributed by atoms with E-state index >= 15 is 0 Å². The molecule has 1 saturated heterocycles.